The zero-order chi connectivity index (χ0) is 34.2. The molecule has 0 spiro atoms. The number of para-hydroxylation sites is 1. The summed E-state index contributed by atoms with van der Waals surface area (Å²) in [5.74, 6) is 0. The summed E-state index contributed by atoms with van der Waals surface area (Å²) in [6.45, 7) is 0. The van der Waals surface area contributed by atoms with Crippen LogP contribution in [0.2, 0.25) is 0 Å². The maximum atomic E-state index is 6.30. The maximum absolute atomic E-state index is 6.30. The van der Waals surface area contributed by atoms with Crippen molar-refractivity contribution in [2.45, 2.75) is 0 Å². The molecule has 0 amide bonds. The van der Waals surface area contributed by atoms with Gasteiger partial charge in [0.1, 0.15) is 11.2 Å². The molecule has 3 heterocycles. The molecule has 0 N–H and O–H groups in total. The van der Waals surface area contributed by atoms with Gasteiger partial charge in [-0.2, -0.15) is 0 Å². The third-order valence-electron chi connectivity index (χ3n) is 10.3. The summed E-state index contributed by atoms with van der Waals surface area (Å²) in [5, 5.41) is 7.32. The van der Waals surface area contributed by atoms with E-state index in [9.17, 15) is 0 Å². The molecule has 52 heavy (non-hydrogen) atoms. The number of hydrogen-bond donors (Lipinski definition) is 0. The fourth-order valence-corrected chi connectivity index (χ4v) is 10.2. The Hall–Kier alpha value is -6.20. The van der Waals surface area contributed by atoms with Crippen molar-refractivity contribution < 1.29 is 4.42 Å². The number of hydrogen-bond acceptors (Lipinski definition) is 4. The Morgan fingerprint density at radius 2 is 1.06 bits per heavy atom. The molecule has 0 aliphatic carbocycles. The highest BCUT2D eigenvalue weighted by atomic mass is 32.1. The van der Waals surface area contributed by atoms with Crippen LogP contribution in [0.25, 0.3) is 84.5 Å². The molecule has 11 aromatic rings. The van der Waals surface area contributed by atoms with Gasteiger partial charge in [-0.3, -0.25) is 0 Å². The predicted molar refractivity (Wildman–Crippen MR) is 225 cm³/mol. The van der Waals surface area contributed by atoms with Gasteiger partial charge in [-0.25, -0.2) is 0 Å². The second-order valence-electron chi connectivity index (χ2n) is 13.3. The van der Waals surface area contributed by atoms with Gasteiger partial charge in [-0.15, -0.1) is 22.7 Å². The second kappa shape index (κ2) is 11.7. The first-order chi connectivity index (χ1) is 25.8. The van der Waals surface area contributed by atoms with Crippen LogP contribution in [-0.4, -0.2) is 0 Å². The number of fused-ring (bicyclic) bond motifs is 9. The van der Waals surface area contributed by atoms with E-state index in [0.717, 1.165) is 39.0 Å². The SMILES string of the molecule is c1ccc(-c2ccc3c(c2)sc2ccc(N(c4ccc5oc6ccccc6c5c4)c4ccc(-c5ccccc5)c5sc6ccccc6c45)cc23)cc1. The molecule has 0 fully saturated rings. The molecule has 11 rings (SSSR count). The van der Waals surface area contributed by atoms with Crippen molar-refractivity contribution >= 4 is 102 Å². The first-order valence-electron chi connectivity index (χ1n) is 17.5. The number of anilines is 3. The van der Waals surface area contributed by atoms with Crippen molar-refractivity contribution in [3.05, 3.63) is 176 Å². The molecule has 8 aromatic carbocycles. The van der Waals surface area contributed by atoms with Crippen LogP contribution in [0.5, 0.6) is 0 Å². The Balaban J connectivity index is 1.18. The van der Waals surface area contributed by atoms with Gasteiger partial charge in [0.2, 0.25) is 0 Å². The van der Waals surface area contributed by atoms with Gasteiger partial charge in [0.05, 0.1) is 5.69 Å². The summed E-state index contributed by atoms with van der Waals surface area (Å²) in [7, 11) is 0. The van der Waals surface area contributed by atoms with E-state index >= 15 is 0 Å². The smallest absolute Gasteiger partial charge is 0.135 e. The lowest BCUT2D eigenvalue weighted by Gasteiger charge is -2.27. The topological polar surface area (TPSA) is 16.4 Å². The van der Waals surface area contributed by atoms with Crippen molar-refractivity contribution in [2.24, 2.45) is 0 Å². The highest BCUT2D eigenvalue weighted by Gasteiger charge is 2.23. The van der Waals surface area contributed by atoms with Gasteiger partial charge in [-0.1, -0.05) is 115 Å². The minimum Gasteiger partial charge on any atom is -0.456 e. The molecule has 0 bridgehead atoms. The van der Waals surface area contributed by atoms with Crippen molar-refractivity contribution in [1.82, 2.24) is 0 Å². The van der Waals surface area contributed by atoms with Gasteiger partial charge in [0, 0.05) is 62.5 Å². The summed E-state index contributed by atoms with van der Waals surface area (Å²) in [6.07, 6.45) is 0. The van der Waals surface area contributed by atoms with Crippen LogP contribution >= 0.6 is 22.7 Å². The van der Waals surface area contributed by atoms with Crippen LogP contribution in [0, 0.1) is 0 Å². The Labute approximate surface area is 308 Å². The van der Waals surface area contributed by atoms with Crippen molar-refractivity contribution in [2.75, 3.05) is 4.90 Å². The first-order valence-corrected chi connectivity index (χ1v) is 19.1. The number of thiophene rings is 2. The minimum absolute atomic E-state index is 0.893. The van der Waals surface area contributed by atoms with E-state index < -0.39 is 0 Å². The van der Waals surface area contributed by atoms with Crippen molar-refractivity contribution in [3.8, 4) is 22.3 Å². The van der Waals surface area contributed by atoms with Gasteiger partial charge in [-0.05, 0) is 82.9 Å². The monoisotopic (exact) mass is 699 g/mol. The molecule has 0 atom stereocenters. The molecule has 0 saturated heterocycles. The van der Waals surface area contributed by atoms with E-state index in [1.807, 2.05) is 28.7 Å². The van der Waals surface area contributed by atoms with E-state index in [1.165, 1.54) is 62.6 Å². The zero-order valence-corrected chi connectivity index (χ0v) is 29.5. The van der Waals surface area contributed by atoms with Gasteiger partial charge < -0.3 is 9.32 Å². The highest BCUT2D eigenvalue weighted by molar-refractivity contribution is 7.26. The zero-order valence-electron chi connectivity index (χ0n) is 27.9. The van der Waals surface area contributed by atoms with Gasteiger partial charge in [0.25, 0.3) is 0 Å². The van der Waals surface area contributed by atoms with Crippen LogP contribution < -0.4 is 4.90 Å². The van der Waals surface area contributed by atoms with Gasteiger partial charge >= 0.3 is 0 Å². The number of furan rings is 1. The molecular formula is C48H29NOS2. The summed E-state index contributed by atoms with van der Waals surface area (Å²) < 4.78 is 11.5. The number of nitrogens with zero attached hydrogens (tertiary/aromatic N) is 1. The molecule has 0 aliphatic heterocycles. The molecule has 0 saturated carbocycles. The number of benzene rings is 8. The number of rotatable bonds is 5. The molecule has 244 valence electrons. The van der Waals surface area contributed by atoms with E-state index in [0.29, 0.717) is 0 Å². The fourth-order valence-electron chi connectivity index (χ4n) is 7.84. The summed E-state index contributed by atoms with van der Waals surface area (Å²) in [6, 6.07) is 63.7. The van der Waals surface area contributed by atoms with Crippen LogP contribution in [0.3, 0.4) is 0 Å². The molecule has 0 radical (unpaired) electrons. The Bertz CT molecular complexity index is 3130. The lowest BCUT2D eigenvalue weighted by Crippen LogP contribution is -2.10. The quantitative estimate of drug-likeness (QED) is 0.178. The van der Waals surface area contributed by atoms with E-state index in [-0.39, 0.29) is 0 Å². The van der Waals surface area contributed by atoms with Crippen LogP contribution in [0.4, 0.5) is 17.1 Å². The first kappa shape index (κ1) is 29.5. The molecule has 0 aliphatic rings. The Kier molecular flexibility index (Phi) is 6.63. The lowest BCUT2D eigenvalue weighted by molar-refractivity contribution is 0.669. The van der Waals surface area contributed by atoms with E-state index in [2.05, 4.69) is 175 Å². The molecule has 2 nitrogen and oxygen atoms in total. The van der Waals surface area contributed by atoms with Crippen LogP contribution in [0.1, 0.15) is 0 Å². The summed E-state index contributed by atoms with van der Waals surface area (Å²) in [4.78, 5) is 2.46. The molecule has 3 aromatic heterocycles. The fraction of sp³-hybridized carbons (Fsp3) is 0. The molecule has 0 unspecified atom stereocenters. The normalized spacial score (nSPS) is 11.8. The third kappa shape index (κ3) is 4.62. The summed E-state index contributed by atoms with van der Waals surface area (Å²) >= 11 is 3.74. The van der Waals surface area contributed by atoms with Crippen LogP contribution in [0.15, 0.2) is 180 Å². The lowest BCUT2D eigenvalue weighted by atomic mass is 10.00. The average molecular weight is 700 g/mol. The van der Waals surface area contributed by atoms with Gasteiger partial charge in [0.15, 0.2) is 0 Å². The maximum Gasteiger partial charge on any atom is 0.135 e. The van der Waals surface area contributed by atoms with Crippen molar-refractivity contribution in [3.63, 3.8) is 0 Å². The second-order valence-corrected chi connectivity index (χ2v) is 15.4. The Morgan fingerprint density at radius 3 is 1.90 bits per heavy atom. The molecule has 4 heteroatoms. The van der Waals surface area contributed by atoms with E-state index in [1.54, 1.807) is 0 Å². The van der Waals surface area contributed by atoms with Crippen LogP contribution in [-0.2, 0) is 0 Å². The predicted octanol–water partition coefficient (Wildman–Crippen LogP) is 15.1. The Morgan fingerprint density at radius 1 is 0.385 bits per heavy atom. The summed E-state index contributed by atoms with van der Waals surface area (Å²) in [5.41, 5.74) is 10.1. The minimum atomic E-state index is 0.893. The average Bonchev–Trinajstić information content (AvgIpc) is 3.90. The van der Waals surface area contributed by atoms with E-state index in [4.69, 9.17) is 4.42 Å². The molecular weight excluding hydrogens is 671 g/mol. The third-order valence-corrected chi connectivity index (χ3v) is 12.6. The highest BCUT2D eigenvalue weighted by Crippen LogP contribution is 2.50. The standard InChI is InChI=1S/C48H29NOS2/c1-3-11-30(12-4-1)32-19-22-37-40-29-34(21-26-45(40)51-46(37)27-32)49(33-20-25-43-39(28-33)36-15-7-9-17-42(36)50-43)41-24-23-35(31-13-5-2-6-14-31)48-47(41)38-16-8-10-18-44(38)52-48/h1-29H. The largest absolute Gasteiger partial charge is 0.456 e. The van der Waals surface area contributed by atoms with Crippen molar-refractivity contribution in [1.29, 1.82) is 0 Å².